The summed E-state index contributed by atoms with van der Waals surface area (Å²) in [5, 5.41) is 2.93. The molecule has 0 aliphatic rings. The van der Waals surface area contributed by atoms with Crippen molar-refractivity contribution in [3.63, 3.8) is 0 Å². The van der Waals surface area contributed by atoms with Crippen molar-refractivity contribution >= 4 is 11.6 Å². The predicted octanol–water partition coefficient (Wildman–Crippen LogP) is 1.25. The molecule has 0 radical (unpaired) electrons. The SMILES string of the molecule is COCC[NH2+]CCOCCOc1ccc(Cl)c(C)c1. The molecular weight excluding hydrogens is 266 g/mol. The van der Waals surface area contributed by atoms with E-state index in [2.05, 4.69) is 5.32 Å². The maximum Gasteiger partial charge on any atom is 0.119 e. The fourth-order valence-electron chi connectivity index (χ4n) is 1.54. The van der Waals surface area contributed by atoms with Gasteiger partial charge in [-0.3, -0.25) is 0 Å². The summed E-state index contributed by atoms with van der Waals surface area (Å²) in [6, 6.07) is 5.65. The molecule has 0 unspecified atom stereocenters. The summed E-state index contributed by atoms with van der Waals surface area (Å²) in [5.74, 6) is 0.831. The molecular formula is C14H23ClNO3+. The van der Waals surface area contributed by atoms with Gasteiger partial charge in [-0.2, -0.15) is 0 Å². The lowest BCUT2D eigenvalue weighted by atomic mass is 10.2. The first-order valence-corrected chi connectivity index (χ1v) is 6.89. The third-order valence-corrected chi connectivity index (χ3v) is 3.04. The zero-order chi connectivity index (χ0) is 13.9. The maximum atomic E-state index is 5.94. The highest BCUT2D eigenvalue weighted by atomic mass is 35.5. The van der Waals surface area contributed by atoms with Gasteiger partial charge in [0.15, 0.2) is 0 Å². The van der Waals surface area contributed by atoms with Crippen molar-refractivity contribution in [2.75, 3.05) is 46.6 Å². The summed E-state index contributed by atoms with van der Waals surface area (Å²) in [4.78, 5) is 0. The first-order chi connectivity index (χ1) is 9.24. The molecule has 5 heteroatoms. The van der Waals surface area contributed by atoms with E-state index in [1.807, 2.05) is 25.1 Å². The lowest BCUT2D eigenvalue weighted by Gasteiger charge is -2.08. The summed E-state index contributed by atoms with van der Waals surface area (Å²) in [6.07, 6.45) is 0. The number of benzene rings is 1. The monoisotopic (exact) mass is 288 g/mol. The van der Waals surface area contributed by atoms with Crippen molar-refractivity contribution in [3.05, 3.63) is 28.8 Å². The Hall–Kier alpha value is -0.810. The molecule has 1 aromatic carbocycles. The van der Waals surface area contributed by atoms with E-state index in [0.29, 0.717) is 13.2 Å². The molecule has 1 aromatic rings. The Morgan fingerprint density at radius 2 is 1.89 bits per heavy atom. The molecule has 108 valence electrons. The molecule has 0 heterocycles. The van der Waals surface area contributed by atoms with Crippen molar-refractivity contribution in [1.82, 2.24) is 0 Å². The minimum absolute atomic E-state index is 0.555. The first kappa shape index (κ1) is 16.2. The smallest absolute Gasteiger partial charge is 0.119 e. The molecule has 0 saturated carbocycles. The van der Waals surface area contributed by atoms with E-state index in [9.17, 15) is 0 Å². The number of ether oxygens (including phenoxy) is 3. The number of halogens is 1. The van der Waals surface area contributed by atoms with E-state index in [0.717, 1.165) is 42.6 Å². The van der Waals surface area contributed by atoms with Crippen LogP contribution in [0.2, 0.25) is 5.02 Å². The van der Waals surface area contributed by atoms with Gasteiger partial charge in [-0.25, -0.2) is 0 Å². The second-order valence-electron chi connectivity index (χ2n) is 4.23. The fraction of sp³-hybridized carbons (Fsp3) is 0.571. The Kier molecular flexibility index (Phi) is 8.58. The van der Waals surface area contributed by atoms with Gasteiger partial charge in [0.25, 0.3) is 0 Å². The summed E-state index contributed by atoms with van der Waals surface area (Å²) in [7, 11) is 1.71. The van der Waals surface area contributed by atoms with Crippen molar-refractivity contribution in [2.24, 2.45) is 0 Å². The second kappa shape index (κ2) is 10.0. The topological polar surface area (TPSA) is 44.3 Å². The van der Waals surface area contributed by atoms with Crippen LogP contribution in [-0.4, -0.2) is 46.6 Å². The second-order valence-corrected chi connectivity index (χ2v) is 4.64. The van der Waals surface area contributed by atoms with E-state index in [-0.39, 0.29) is 0 Å². The number of rotatable bonds is 10. The normalized spacial score (nSPS) is 10.7. The molecule has 0 amide bonds. The largest absolute Gasteiger partial charge is 0.491 e. The Balaban J connectivity index is 2.00. The van der Waals surface area contributed by atoms with Crippen LogP contribution in [0.1, 0.15) is 5.56 Å². The Morgan fingerprint density at radius 3 is 2.63 bits per heavy atom. The van der Waals surface area contributed by atoms with Gasteiger partial charge in [0.1, 0.15) is 12.4 Å². The van der Waals surface area contributed by atoms with Crippen molar-refractivity contribution in [1.29, 1.82) is 0 Å². The summed E-state index contributed by atoms with van der Waals surface area (Å²) in [5.41, 5.74) is 1.02. The number of quaternary nitrogens is 1. The van der Waals surface area contributed by atoms with Crippen LogP contribution < -0.4 is 10.1 Å². The van der Waals surface area contributed by atoms with Crippen LogP contribution in [0.5, 0.6) is 5.75 Å². The van der Waals surface area contributed by atoms with E-state index < -0.39 is 0 Å². The molecule has 2 N–H and O–H groups in total. The molecule has 0 aromatic heterocycles. The van der Waals surface area contributed by atoms with E-state index in [1.54, 1.807) is 7.11 Å². The lowest BCUT2D eigenvalue weighted by Crippen LogP contribution is -2.86. The summed E-state index contributed by atoms with van der Waals surface area (Å²) < 4.78 is 16.0. The Labute approximate surface area is 120 Å². The maximum absolute atomic E-state index is 5.94. The average Bonchev–Trinajstić information content (AvgIpc) is 2.41. The van der Waals surface area contributed by atoms with Crippen LogP contribution in [0.15, 0.2) is 18.2 Å². The summed E-state index contributed by atoms with van der Waals surface area (Å²) in [6.45, 7) is 6.54. The quantitative estimate of drug-likeness (QED) is 0.659. The third kappa shape index (κ3) is 7.38. The van der Waals surface area contributed by atoms with Crippen molar-refractivity contribution in [3.8, 4) is 5.75 Å². The van der Waals surface area contributed by atoms with Gasteiger partial charge in [-0.1, -0.05) is 11.6 Å². The predicted molar refractivity (Wildman–Crippen MR) is 76.0 cm³/mol. The minimum atomic E-state index is 0.555. The summed E-state index contributed by atoms with van der Waals surface area (Å²) >= 11 is 5.94. The van der Waals surface area contributed by atoms with Crippen LogP contribution >= 0.6 is 11.6 Å². The van der Waals surface area contributed by atoms with Crippen LogP contribution in [0.3, 0.4) is 0 Å². The standard InChI is InChI=1S/C14H22ClNO3/c1-12-11-13(3-4-14(12)15)19-10-9-18-8-6-16-5-7-17-2/h3-4,11,16H,5-10H2,1-2H3/p+1. The Morgan fingerprint density at radius 1 is 1.11 bits per heavy atom. The molecule has 0 aliphatic heterocycles. The Bertz CT molecular complexity index is 361. The number of hydrogen-bond acceptors (Lipinski definition) is 3. The molecule has 0 bridgehead atoms. The third-order valence-electron chi connectivity index (χ3n) is 2.62. The zero-order valence-corrected chi connectivity index (χ0v) is 12.4. The molecule has 19 heavy (non-hydrogen) atoms. The highest BCUT2D eigenvalue weighted by Crippen LogP contribution is 2.20. The number of methoxy groups -OCH3 is 1. The van der Waals surface area contributed by atoms with E-state index in [1.165, 1.54) is 0 Å². The van der Waals surface area contributed by atoms with E-state index >= 15 is 0 Å². The van der Waals surface area contributed by atoms with Gasteiger partial charge < -0.3 is 19.5 Å². The van der Waals surface area contributed by atoms with Gasteiger partial charge in [0, 0.05) is 12.1 Å². The van der Waals surface area contributed by atoms with E-state index in [4.69, 9.17) is 25.8 Å². The number of nitrogens with two attached hydrogens (primary N) is 1. The number of hydrogen-bond donors (Lipinski definition) is 1. The molecule has 4 nitrogen and oxygen atoms in total. The minimum Gasteiger partial charge on any atom is -0.491 e. The molecule has 0 atom stereocenters. The lowest BCUT2D eigenvalue weighted by molar-refractivity contribution is -0.657. The van der Waals surface area contributed by atoms with Crippen molar-refractivity contribution in [2.45, 2.75) is 6.92 Å². The van der Waals surface area contributed by atoms with Crippen LogP contribution in [0.25, 0.3) is 0 Å². The molecule has 1 rings (SSSR count). The zero-order valence-electron chi connectivity index (χ0n) is 11.7. The highest BCUT2D eigenvalue weighted by molar-refractivity contribution is 6.31. The van der Waals surface area contributed by atoms with Crippen molar-refractivity contribution < 1.29 is 19.5 Å². The van der Waals surface area contributed by atoms with Crippen LogP contribution in [0, 0.1) is 6.92 Å². The number of aryl methyl sites for hydroxylation is 1. The van der Waals surface area contributed by atoms with Crippen LogP contribution in [0.4, 0.5) is 0 Å². The van der Waals surface area contributed by atoms with Gasteiger partial charge >= 0.3 is 0 Å². The highest BCUT2D eigenvalue weighted by Gasteiger charge is 1.98. The van der Waals surface area contributed by atoms with Gasteiger partial charge in [0.2, 0.25) is 0 Å². The first-order valence-electron chi connectivity index (χ1n) is 6.51. The molecule has 0 aliphatic carbocycles. The molecule has 0 spiro atoms. The van der Waals surface area contributed by atoms with Crippen LogP contribution in [-0.2, 0) is 9.47 Å². The van der Waals surface area contributed by atoms with Gasteiger partial charge in [-0.15, -0.1) is 0 Å². The van der Waals surface area contributed by atoms with Gasteiger partial charge in [0.05, 0.1) is 32.9 Å². The molecule has 0 fully saturated rings. The van der Waals surface area contributed by atoms with Gasteiger partial charge in [-0.05, 0) is 30.7 Å². The fourth-order valence-corrected chi connectivity index (χ4v) is 1.66. The average molecular weight is 289 g/mol. The molecule has 0 saturated heterocycles.